The third-order valence-corrected chi connectivity index (χ3v) is 5.60. The van der Waals surface area contributed by atoms with Crippen LogP contribution in [0.2, 0.25) is 0 Å². The van der Waals surface area contributed by atoms with Gasteiger partial charge in [0.2, 0.25) is 0 Å². The van der Waals surface area contributed by atoms with Crippen LogP contribution in [0, 0.1) is 5.92 Å². The van der Waals surface area contributed by atoms with Gasteiger partial charge < -0.3 is 0 Å². The Morgan fingerprint density at radius 3 is 0.917 bits per heavy atom. The summed E-state index contributed by atoms with van der Waals surface area (Å²) in [6.07, 6.45) is 29.3. The highest BCUT2D eigenvalue weighted by molar-refractivity contribution is 4.56. The first-order valence-corrected chi connectivity index (χ1v) is 11.8. The van der Waals surface area contributed by atoms with Crippen LogP contribution in [0.5, 0.6) is 0 Å². The second-order valence-corrected chi connectivity index (χ2v) is 8.34. The lowest BCUT2D eigenvalue weighted by atomic mass is 9.96. The third kappa shape index (κ3) is 20.0. The molecule has 0 saturated heterocycles. The van der Waals surface area contributed by atoms with E-state index >= 15 is 0 Å². The van der Waals surface area contributed by atoms with Gasteiger partial charge in [0.05, 0.1) is 0 Å². The molecular formula is C24H50. The molecule has 0 aliphatic rings. The van der Waals surface area contributed by atoms with Crippen molar-refractivity contribution in [3.8, 4) is 0 Å². The van der Waals surface area contributed by atoms with Crippen molar-refractivity contribution in [2.24, 2.45) is 5.92 Å². The van der Waals surface area contributed by atoms with Gasteiger partial charge in [0.15, 0.2) is 0 Å². The average Bonchev–Trinajstić information content (AvgIpc) is 2.59. The summed E-state index contributed by atoms with van der Waals surface area (Å²) in [7, 11) is 0. The first kappa shape index (κ1) is 24.0. The predicted octanol–water partition coefficient (Wildman–Crippen LogP) is 9.46. The van der Waals surface area contributed by atoms with Crippen molar-refractivity contribution in [2.75, 3.05) is 0 Å². The minimum absolute atomic E-state index is 0.972. The molecule has 1 unspecified atom stereocenters. The van der Waals surface area contributed by atoms with Crippen molar-refractivity contribution in [1.82, 2.24) is 0 Å². The second kappa shape index (κ2) is 21.0. The van der Waals surface area contributed by atoms with Gasteiger partial charge in [-0.3, -0.25) is 0 Å². The largest absolute Gasteiger partial charge is 0.0654 e. The lowest BCUT2D eigenvalue weighted by Crippen LogP contribution is -1.95. The highest BCUT2D eigenvalue weighted by Gasteiger charge is 2.02. The molecule has 0 aromatic rings. The number of hydrogen-bond acceptors (Lipinski definition) is 0. The molecule has 0 aromatic heterocycles. The summed E-state index contributed by atoms with van der Waals surface area (Å²) in [5.41, 5.74) is 0. The maximum atomic E-state index is 2.47. The van der Waals surface area contributed by atoms with Crippen molar-refractivity contribution in [1.29, 1.82) is 0 Å². The maximum absolute atomic E-state index is 2.47. The molecule has 146 valence electrons. The molecule has 0 heterocycles. The zero-order valence-electron chi connectivity index (χ0n) is 17.7. The quantitative estimate of drug-likeness (QED) is 0.194. The van der Waals surface area contributed by atoms with E-state index in [1.54, 1.807) is 0 Å². The Kier molecular flexibility index (Phi) is 21.0. The van der Waals surface area contributed by atoms with Crippen molar-refractivity contribution >= 4 is 0 Å². The Morgan fingerprint density at radius 1 is 0.375 bits per heavy atom. The van der Waals surface area contributed by atoms with E-state index in [9.17, 15) is 0 Å². The summed E-state index contributed by atoms with van der Waals surface area (Å²) in [6.45, 7) is 7.08. The fourth-order valence-electron chi connectivity index (χ4n) is 3.75. The van der Waals surface area contributed by atoms with Gasteiger partial charge in [0.25, 0.3) is 0 Å². The Balaban J connectivity index is 3.08. The van der Waals surface area contributed by atoms with Gasteiger partial charge in [-0.2, -0.15) is 0 Å². The molecule has 24 heavy (non-hydrogen) atoms. The molecule has 0 aromatic carbocycles. The number of unbranched alkanes of at least 4 members (excludes halogenated alkanes) is 16. The molecule has 0 aliphatic carbocycles. The van der Waals surface area contributed by atoms with Crippen molar-refractivity contribution in [3.63, 3.8) is 0 Å². The van der Waals surface area contributed by atoms with Crippen LogP contribution in [0.15, 0.2) is 0 Å². The minimum Gasteiger partial charge on any atom is -0.0654 e. The minimum atomic E-state index is 0.972. The summed E-state index contributed by atoms with van der Waals surface area (Å²) in [5.74, 6) is 0.972. The van der Waals surface area contributed by atoms with Crippen LogP contribution < -0.4 is 0 Å². The van der Waals surface area contributed by atoms with Crippen LogP contribution >= 0.6 is 0 Å². The van der Waals surface area contributed by atoms with E-state index in [2.05, 4.69) is 20.8 Å². The molecule has 0 heteroatoms. The van der Waals surface area contributed by atoms with E-state index < -0.39 is 0 Å². The zero-order valence-corrected chi connectivity index (χ0v) is 17.7. The van der Waals surface area contributed by atoms with E-state index in [0.29, 0.717) is 0 Å². The van der Waals surface area contributed by atoms with Crippen LogP contribution in [0.1, 0.15) is 149 Å². The summed E-state index contributed by atoms with van der Waals surface area (Å²) < 4.78 is 0. The summed E-state index contributed by atoms with van der Waals surface area (Å²) in [4.78, 5) is 0. The van der Waals surface area contributed by atoms with E-state index in [0.717, 1.165) is 5.92 Å². The van der Waals surface area contributed by atoms with Gasteiger partial charge in [0, 0.05) is 0 Å². The van der Waals surface area contributed by atoms with Crippen LogP contribution in [0.4, 0.5) is 0 Å². The fourth-order valence-corrected chi connectivity index (χ4v) is 3.75. The molecule has 0 bridgehead atoms. The predicted molar refractivity (Wildman–Crippen MR) is 113 cm³/mol. The summed E-state index contributed by atoms with van der Waals surface area (Å²) in [5, 5.41) is 0. The Labute approximate surface area is 155 Å². The highest BCUT2D eigenvalue weighted by Crippen LogP contribution is 2.18. The van der Waals surface area contributed by atoms with Gasteiger partial charge in [0.1, 0.15) is 0 Å². The van der Waals surface area contributed by atoms with E-state index in [1.807, 2.05) is 0 Å². The molecule has 0 nitrogen and oxygen atoms in total. The van der Waals surface area contributed by atoms with Gasteiger partial charge in [-0.15, -0.1) is 0 Å². The first-order chi connectivity index (χ1) is 11.8. The van der Waals surface area contributed by atoms with Crippen LogP contribution in [-0.2, 0) is 0 Å². The summed E-state index contributed by atoms with van der Waals surface area (Å²) >= 11 is 0. The van der Waals surface area contributed by atoms with Crippen molar-refractivity contribution in [2.45, 2.75) is 149 Å². The lowest BCUT2D eigenvalue weighted by molar-refractivity contribution is 0.431. The van der Waals surface area contributed by atoms with Gasteiger partial charge in [-0.05, 0) is 5.92 Å². The monoisotopic (exact) mass is 338 g/mol. The molecule has 0 radical (unpaired) electrons. The zero-order chi connectivity index (χ0) is 17.7. The highest BCUT2D eigenvalue weighted by atomic mass is 14.1. The van der Waals surface area contributed by atoms with Gasteiger partial charge in [-0.25, -0.2) is 0 Å². The lowest BCUT2D eigenvalue weighted by Gasteiger charge is -2.11. The van der Waals surface area contributed by atoms with Gasteiger partial charge in [-0.1, -0.05) is 149 Å². The number of hydrogen-bond donors (Lipinski definition) is 0. The average molecular weight is 339 g/mol. The SMILES string of the molecule is CCCCCCCCCCCCCCCC(C)CCCCCCC. The molecule has 0 N–H and O–H groups in total. The van der Waals surface area contributed by atoms with E-state index in [-0.39, 0.29) is 0 Å². The third-order valence-electron chi connectivity index (χ3n) is 5.60. The molecule has 0 saturated carbocycles. The van der Waals surface area contributed by atoms with E-state index in [1.165, 1.54) is 128 Å². The molecule has 0 spiro atoms. The Bertz CT molecular complexity index is 208. The smallest absolute Gasteiger partial charge is 0.0443 e. The Hall–Kier alpha value is 0. The Morgan fingerprint density at radius 2 is 0.625 bits per heavy atom. The fraction of sp³-hybridized carbons (Fsp3) is 1.00. The second-order valence-electron chi connectivity index (χ2n) is 8.34. The van der Waals surface area contributed by atoms with Crippen LogP contribution in [0.3, 0.4) is 0 Å². The van der Waals surface area contributed by atoms with Crippen LogP contribution in [0.25, 0.3) is 0 Å². The molecular weight excluding hydrogens is 288 g/mol. The summed E-state index contributed by atoms with van der Waals surface area (Å²) in [6, 6.07) is 0. The maximum Gasteiger partial charge on any atom is -0.0443 e. The standard InChI is InChI=1S/C24H50/c1-4-6-8-10-11-12-13-14-15-16-17-19-21-23-24(3)22-20-18-9-7-5-2/h24H,4-23H2,1-3H3. The normalized spacial score (nSPS) is 12.6. The number of rotatable bonds is 20. The topological polar surface area (TPSA) is 0 Å². The van der Waals surface area contributed by atoms with Crippen molar-refractivity contribution < 1.29 is 0 Å². The van der Waals surface area contributed by atoms with Crippen molar-refractivity contribution in [3.05, 3.63) is 0 Å². The first-order valence-electron chi connectivity index (χ1n) is 11.8. The molecule has 0 amide bonds. The molecule has 0 rings (SSSR count). The molecule has 1 atom stereocenters. The van der Waals surface area contributed by atoms with Gasteiger partial charge >= 0.3 is 0 Å². The van der Waals surface area contributed by atoms with Crippen LogP contribution in [-0.4, -0.2) is 0 Å². The molecule has 0 aliphatic heterocycles. The molecule has 0 fully saturated rings. The van der Waals surface area contributed by atoms with E-state index in [4.69, 9.17) is 0 Å².